The Balaban J connectivity index is 2.26. The molecule has 0 heterocycles. The lowest BCUT2D eigenvalue weighted by molar-refractivity contribution is 0.0992. The van der Waals surface area contributed by atoms with Crippen LogP contribution in [0.2, 0.25) is 0 Å². The third-order valence-electron chi connectivity index (χ3n) is 2.92. The average Bonchev–Trinajstić information content (AvgIpc) is 2.46. The number of rotatable bonds is 3. The van der Waals surface area contributed by atoms with Crippen LogP contribution in [0.15, 0.2) is 42.5 Å². The van der Waals surface area contributed by atoms with Crippen molar-refractivity contribution in [3.63, 3.8) is 0 Å². The fourth-order valence-electron chi connectivity index (χ4n) is 1.78. The molecule has 2 rings (SSSR count). The highest BCUT2D eigenvalue weighted by atomic mass is 19.1. The van der Waals surface area contributed by atoms with E-state index in [1.54, 1.807) is 0 Å². The molecule has 0 aromatic heterocycles. The van der Waals surface area contributed by atoms with Gasteiger partial charge < -0.3 is 9.64 Å². The summed E-state index contributed by atoms with van der Waals surface area (Å²) >= 11 is 0. The number of carbonyl (C=O) groups excluding carboxylic acids is 1. The van der Waals surface area contributed by atoms with Crippen LogP contribution >= 0.6 is 0 Å². The molecule has 5 heteroatoms. The molecule has 0 aliphatic carbocycles. The molecule has 3 nitrogen and oxygen atoms in total. The summed E-state index contributed by atoms with van der Waals surface area (Å²) in [5, 5.41) is 0. The highest BCUT2D eigenvalue weighted by Gasteiger charge is 2.15. The lowest BCUT2D eigenvalue weighted by Crippen LogP contribution is -2.26. The molecule has 2 aromatic carbocycles. The number of anilines is 1. The van der Waals surface area contributed by atoms with E-state index in [9.17, 15) is 13.6 Å². The van der Waals surface area contributed by atoms with E-state index in [4.69, 9.17) is 4.74 Å². The second-order valence-electron chi connectivity index (χ2n) is 4.19. The summed E-state index contributed by atoms with van der Waals surface area (Å²) in [6.07, 6.45) is 0. The molecule has 0 atom stereocenters. The summed E-state index contributed by atoms with van der Waals surface area (Å²) in [6.45, 7) is 0. The number of halogens is 2. The minimum absolute atomic E-state index is 0.0750. The monoisotopic (exact) mass is 277 g/mol. The smallest absolute Gasteiger partial charge is 0.258 e. The first-order valence-corrected chi connectivity index (χ1v) is 5.90. The van der Waals surface area contributed by atoms with E-state index in [1.807, 2.05) is 0 Å². The van der Waals surface area contributed by atoms with Crippen molar-refractivity contribution in [3.8, 4) is 5.75 Å². The van der Waals surface area contributed by atoms with Crippen LogP contribution in [0.4, 0.5) is 14.5 Å². The molecule has 0 saturated carbocycles. The second kappa shape index (κ2) is 5.69. The Morgan fingerprint density at radius 1 is 1.10 bits per heavy atom. The minimum atomic E-state index is -0.606. The average molecular weight is 277 g/mol. The van der Waals surface area contributed by atoms with Gasteiger partial charge in [0.25, 0.3) is 5.91 Å². The van der Waals surface area contributed by atoms with E-state index in [0.717, 1.165) is 6.07 Å². The number of carbonyl (C=O) groups is 1. The van der Waals surface area contributed by atoms with Crippen molar-refractivity contribution in [1.29, 1.82) is 0 Å². The van der Waals surface area contributed by atoms with E-state index in [0.29, 0.717) is 5.69 Å². The third kappa shape index (κ3) is 2.77. The lowest BCUT2D eigenvalue weighted by Gasteiger charge is -2.17. The van der Waals surface area contributed by atoms with Crippen LogP contribution in [0.3, 0.4) is 0 Å². The molecule has 0 unspecified atom stereocenters. The van der Waals surface area contributed by atoms with Crippen molar-refractivity contribution >= 4 is 11.6 Å². The number of benzene rings is 2. The van der Waals surface area contributed by atoms with Gasteiger partial charge in [-0.05, 0) is 42.5 Å². The molecule has 0 fully saturated rings. The third-order valence-corrected chi connectivity index (χ3v) is 2.92. The maximum atomic E-state index is 13.6. The number of nitrogens with zero attached hydrogens (tertiary/aromatic N) is 1. The quantitative estimate of drug-likeness (QED) is 0.862. The number of hydrogen-bond acceptors (Lipinski definition) is 2. The van der Waals surface area contributed by atoms with Gasteiger partial charge in [0.2, 0.25) is 0 Å². The van der Waals surface area contributed by atoms with Crippen molar-refractivity contribution in [2.75, 3.05) is 19.1 Å². The number of methoxy groups -OCH3 is 1. The molecule has 0 bridgehead atoms. The van der Waals surface area contributed by atoms with Crippen LogP contribution in [0.5, 0.6) is 5.75 Å². The molecule has 0 N–H and O–H groups in total. The highest BCUT2D eigenvalue weighted by molar-refractivity contribution is 6.05. The first kappa shape index (κ1) is 14.0. The predicted molar refractivity (Wildman–Crippen MR) is 72.1 cm³/mol. The van der Waals surface area contributed by atoms with Gasteiger partial charge >= 0.3 is 0 Å². The summed E-state index contributed by atoms with van der Waals surface area (Å²) in [5.74, 6) is -1.31. The van der Waals surface area contributed by atoms with Crippen LogP contribution in [-0.2, 0) is 0 Å². The maximum absolute atomic E-state index is 13.6. The molecular formula is C15H13F2NO2. The van der Waals surface area contributed by atoms with E-state index in [1.165, 1.54) is 55.5 Å². The first-order chi connectivity index (χ1) is 9.52. The van der Waals surface area contributed by atoms with Gasteiger partial charge in [-0.2, -0.15) is 0 Å². The molecular weight excluding hydrogens is 264 g/mol. The van der Waals surface area contributed by atoms with Crippen LogP contribution in [0, 0.1) is 11.6 Å². The first-order valence-electron chi connectivity index (χ1n) is 5.90. The van der Waals surface area contributed by atoms with E-state index >= 15 is 0 Å². The largest absolute Gasteiger partial charge is 0.494 e. The van der Waals surface area contributed by atoms with E-state index in [2.05, 4.69) is 0 Å². The Bertz CT molecular complexity index is 626. The second-order valence-corrected chi connectivity index (χ2v) is 4.19. The molecule has 0 spiro atoms. The van der Waals surface area contributed by atoms with Gasteiger partial charge in [0, 0.05) is 18.3 Å². The van der Waals surface area contributed by atoms with Crippen LogP contribution in [0.25, 0.3) is 0 Å². The van der Waals surface area contributed by atoms with Crippen molar-refractivity contribution in [2.45, 2.75) is 0 Å². The Morgan fingerprint density at radius 2 is 1.75 bits per heavy atom. The standard InChI is InChI=1S/C15H13F2NO2/c1-18(12-6-4-11(16)5-7-12)15(19)10-3-8-14(20-2)13(17)9-10/h3-9H,1-2H3. The molecule has 0 saturated heterocycles. The summed E-state index contributed by atoms with van der Waals surface area (Å²) in [7, 11) is 2.89. The Labute approximate surface area is 115 Å². The van der Waals surface area contributed by atoms with Crippen molar-refractivity contribution in [3.05, 3.63) is 59.7 Å². The van der Waals surface area contributed by atoms with Gasteiger partial charge in [0.1, 0.15) is 5.82 Å². The van der Waals surface area contributed by atoms with Crippen LogP contribution in [-0.4, -0.2) is 20.1 Å². The molecule has 20 heavy (non-hydrogen) atoms. The zero-order valence-corrected chi connectivity index (χ0v) is 11.1. The fourth-order valence-corrected chi connectivity index (χ4v) is 1.78. The summed E-state index contributed by atoms with van der Waals surface area (Å²) < 4.78 is 31.2. The lowest BCUT2D eigenvalue weighted by atomic mass is 10.1. The van der Waals surface area contributed by atoms with Crippen LogP contribution in [0.1, 0.15) is 10.4 Å². The normalized spacial score (nSPS) is 10.2. The van der Waals surface area contributed by atoms with Gasteiger partial charge in [-0.25, -0.2) is 8.78 Å². The maximum Gasteiger partial charge on any atom is 0.258 e. The number of ether oxygens (including phenoxy) is 1. The van der Waals surface area contributed by atoms with Gasteiger partial charge in [0.05, 0.1) is 7.11 Å². The predicted octanol–water partition coefficient (Wildman–Crippen LogP) is 3.25. The number of hydrogen-bond donors (Lipinski definition) is 0. The minimum Gasteiger partial charge on any atom is -0.494 e. The molecule has 1 amide bonds. The molecule has 0 radical (unpaired) electrons. The van der Waals surface area contributed by atoms with Gasteiger partial charge in [0.15, 0.2) is 11.6 Å². The van der Waals surface area contributed by atoms with Gasteiger partial charge in [-0.15, -0.1) is 0 Å². The zero-order valence-electron chi connectivity index (χ0n) is 11.1. The van der Waals surface area contributed by atoms with E-state index in [-0.39, 0.29) is 17.1 Å². The molecule has 2 aromatic rings. The zero-order chi connectivity index (χ0) is 14.7. The van der Waals surface area contributed by atoms with Crippen molar-refractivity contribution < 1.29 is 18.3 Å². The molecule has 104 valence electrons. The Hall–Kier alpha value is -2.43. The Morgan fingerprint density at radius 3 is 2.30 bits per heavy atom. The van der Waals surface area contributed by atoms with Crippen LogP contribution < -0.4 is 9.64 Å². The van der Waals surface area contributed by atoms with Gasteiger partial charge in [-0.3, -0.25) is 4.79 Å². The number of amides is 1. The van der Waals surface area contributed by atoms with Crippen molar-refractivity contribution in [1.82, 2.24) is 0 Å². The topological polar surface area (TPSA) is 29.5 Å². The molecule has 0 aliphatic rings. The summed E-state index contributed by atoms with van der Waals surface area (Å²) in [4.78, 5) is 13.5. The summed E-state index contributed by atoms with van der Waals surface area (Å²) in [5.41, 5.74) is 0.711. The highest BCUT2D eigenvalue weighted by Crippen LogP contribution is 2.21. The van der Waals surface area contributed by atoms with Crippen molar-refractivity contribution in [2.24, 2.45) is 0 Å². The molecule has 0 aliphatic heterocycles. The summed E-state index contributed by atoms with van der Waals surface area (Å²) in [6, 6.07) is 9.45. The SMILES string of the molecule is COc1ccc(C(=O)N(C)c2ccc(F)cc2)cc1F. The fraction of sp³-hybridized carbons (Fsp3) is 0.133. The Kier molecular flexibility index (Phi) is 3.98. The van der Waals surface area contributed by atoms with E-state index < -0.39 is 11.7 Å². The van der Waals surface area contributed by atoms with Gasteiger partial charge in [-0.1, -0.05) is 0 Å².